The standard InChI is InChI=1S/C13H13BrN2O5S/c14-10-5-6-11(9-4-2-1-3-8(9)10)22(20,21)16-13(15,7-17)12(18)19/h1-6,16-17H,7,15H2,(H,18,19)/t13-/m1/s1. The highest BCUT2D eigenvalue weighted by atomic mass is 79.9. The number of sulfonamides is 1. The Morgan fingerprint density at radius 1 is 1.23 bits per heavy atom. The first-order valence-electron chi connectivity index (χ1n) is 6.05. The maximum atomic E-state index is 12.5. The van der Waals surface area contributed by atoms with E-state index in [1.54, 1.807) is 24.3 Å². The number of rotatable bonds is 5. The zero-order chi connectivity index (χ0) is 16.5. The van der Waals surface area contributed by atoms with Crippen LogP contribution in [0.1, 0.15) is 0 Å². The molecule has 0 fully saturated rings. The van der Waals surface area contributed by atoms with Crippen molar-refractivity contribution in [3.8, 4) is 0 Å². The van der Waals surface area contributed by atoms with Crippen molar-refractivity contribution in [1.82, 2.24) is 4.72 Å². The first-order chi connectivity index (χ1) is 10.2. The SMILES string of the molecule is N[C@](CO)(NS(=O)(=O)c1ccc(Br)c2ccccc12)C(=O)O. The molecule has 2 aromatic carbocycles. The van der Waals surface area contributed by atoms with Gasteiger partial charge in [0, 0.05) is 9.86 Å². The Kier molecular flexibility index (Phi) is 4.54. The molecule has 0 saturated heterocycles. The van der Waals surface area contributed by atoms with Gasteiger partial charge in [-0.1, -0.05) is 40.2 Å². The van der Waals surface area contributed by atoms with E-state index in [1.807, 2.05) is 4.72 Å². The first-order valence-corrected chi connectivity index (χ1v) is 8.33. The smallest absolute Gasteiger partial charge is 0.342 e. The van der Waals surface area contributed by atoms with Crippen molar-refractivity contribution in [3.63, 3.8) is 0 Å². The van der Waals surface area contributed by atoms with E-state index < -0.39 is 28.3 Å². The van der Waals surface area contributed by atoms with E-state index in [0.717, 1.165) is 0 Å². The number of aliphatic hydroxyl groups excluding tert-OH is 1. The Morgan fingerprint density at radius 2 is 1.82 bits per heavy atom. The highest BCUT2D eigenvalue weighted by Crippen LogP contribution is 2.29. The highest BCUT2D eigenvalue weighted by molar-refractivity contribution is 9.10. The predicted molar refractivity (Wildman–Crippen MR) is 83.6 cm³/mol. The van der Waals surface area contributed by atoms with Gasteiger partial charge in [0.2, 0.25) is 15.7 Å². The van der Waals surface area contributed by atoms with Gasteiger partial charge in [0.1, 0.15) is 0 Å². The van der Waals surface area contributed by atoms with Gasteiger partial charge >= 0.3 is 5.97 Å². The number of benzene rings is 2. The van der Waals surface area contributed by atoms with Crippen LogP contribution in [0, 0.1) is 0 Å². The van der Waals surface area contributed by atoms with E-state index in [9.17, 15) is 13.2 Å². The minimum absolute atomic E-state index is 0.129. The lowest BCUT2D eigenvalue weighted by Crippen LogP contribution is -2.63. The van der Waals surface area contributed by atoms with Gasteiger partial charge in [-0.05, 0) is 17.5 Å². The van der Waals surface area contributed by atoms with E-state index in [4.69, 9.17) is 15.9 Å². The van der Waals surface area contributed by atoms with Crippen molar-refractivity contribution in [1.29, 1.82) is 0 Å². The van der Waals surface area contributed by atoms with Crippen molar-refractivity contribution >= 4 is 42.7 Å². The zero-order valence-electron chi connectivity index (χ0n) is 11.2. The van der Waals surface area contributed by atoms with Crippen LogP contribution in [0.25, 0.3) is 10.8 Å². The first kappa shape index (κ1) is 16.8. The number of halogens is 1. The average Bonchev–Trinajstić information content (AvgIpc) is 2.46. The predicted octanol–water partition coefficient (Wildman–Crippen LogP) is 0.613. The Morgan fingerprint density at radius 3 is 2.36 bits per heavy atom. The molecule has 0 bridgehead atoms. The van der Waals surface area contributed by atoms with Gasteiger partial charge in [0.25, 0.3) is 0 Å². The van der Waals surface area contributed by atoms with E-state index in [0.29, 0.717) is 15.2 Å². The number of aliphatic carboxylic acids is 1. The molecule has 0 saturated carbocycles. The molecule has 1 atom stereocenters. The van der Waals surface area contributed by atoms with Gasteiger partial charge in [-0.25, -0.2) is 13.2 Å². The molecule has 0 aromatic heterocycles. The molecule has 0 unspecified atom stereocenters. The molecule has 2 rings (SSSR count). The quantitative estimate of drug-likeness (QED) is 0.555. The Labute approximate surface area is 134 Å². The number of aliphatic hydroxyl groups is 1. The summed E-state index contributed by atoms with van der Waals surface area (Å²) in [5, 5.41) is 19.1. The monoisotopic (exact) mass is 388 g/mol. The van der Waals surface area contributed by atoms with Crippen molar-refractivity contribution < 1.29 is 23.4 Å². The van der Waals surface area contributed by atoms with E-state index in [2.05, 4.69) is 15.9 Å². The summed E-state index contributed by atoms with van der Waals surface area (Å²) in [6, 6.07) is 9.58. The molecule has 0 radical (unpaired) electrons. The molecule has 118 valence electrons. The number of carboxylic acid groups (broad SMARTS) is 1. The van der Waals surface area contributed by atoms with Gasteiger partial charge < -0.3 is 15.9 Å². The summed E-state index contributed by atoms with van der Waals surface area (Å²) < 4.78 is 27.4. The number of hydrogen-bond acceptors (Lipinski definition) is 5. The number of carbonyl (C=O) groups is 1. The lowest BCUT2D eigenvalue weighted by atomic mass is 10.1. The van der Waals surface area contributed by atoms with Crippen LogP contribution in [0.3, 0.4) is 0 Å². The molecule has 2 aromatic rings. The van der Waals surface area contributed by atoms with Crippen LogP contribution in [0.15, 0.2) is 45.8 Å². The van der Waals surface area contributed by atoms with Crippen molar-refractivity contribution in [3.05, 3.63) is 40.9 Å². The van der Waals surface area contributed by atoms with Crippen LogP contribution in [-0.4, -0.2) is 36.9 Å². The lowest BCUT2D eigenvalue weighted by Gasteiger charge is -2.23. The summed E-state index contributed by atoms with van der Waals surface area (Å²) in [5.41, 5.74) is 2.90. The number of fused-ring (bicyclic) bond motifs is 1. The third kappa shape index (κ3) is 2.99. The largest absolute Gasteiger partial charge is 0.479 e. The molecule has 5 N–H and O–H groups in total. The molecule has 0 heterocycles. The highest BCUT2D eigenvalue weighted by Gasteiger charge is 2.38. The lowest BCUT2D eigenvalue weighted by molar-refractivity contribution is -0.145. The fourth-order valence-corrected chi connectivity index (χ4v) is 3.84. The molecular weight excluding hydrogens is 376 g/mol. The van der Waals surface area contributed by atoms with Crippen LogP contribution < -0.4 is 10.5 Å². The van der Waals surface area contributed by atoms with Crippen LogP contribution in [-0.2, 0) is 14.8 Å². The summed E-state index contributed by atoms with van der Waals surface area (Å²) in [4.78, 5) is 10.9. The van der Waals surface area contributed by atoms with E-state index in [1.165, 1.54) is 12.1 Å². The molecule has 0 aliphatic carbocycles. The Bertz CT molecular complexity index is 839. The summed E-state index contributed by atoms with van der Waals surface area (Å²) in [5.74, 6) is -1.68. The minimum atomic E-state index is -4.26. The number of carboxylic acids is 1. The van der Waals surface area contributed by atoms with Crippen LogP contribution in [0.2, 0.25) is 0 Å². The van der Waals surface area contributed by atoms with Crippen molar-refractivity contribution in [2.75, 3.05) is 6.61 Å². The fourth-order valence-electron chi connectivity index (χ4n) is 1.91. The third-order valence-corrected chi connectivity index (χ3v) is 5.33. The van der Waals surface area contributed by atoms with Crippen LogP contribution >= 0.6 is 15.9 Å². The topological polar surface area (TPSA) is 130 Å². The van der Waals surface area contributed by atoms with E-state index >= 15 is 0 Å². The summed E-state index contributed by atoms with van der Waals surface area (Å²) in [7, 11) is -4.26. The molecule has 0 aliphatic rings. The molecule has 0 amide bonds. The number of nitrogens with one attached hydrogen (secondary N) is 1. The number of hydrogen-bond donors (Lipinski definition) is 4. The molecule has 0 aliphatic heterocycles. The van der Waals surface area contributed by atoms with Crippen molar-refractivity contribution in [2.24, 2.45) is 5.73 Å². The maximum absolute atomic E-state index is 12.5. The van der Waals surface area contributed by atoms with Crippen LogP contribution in [0.4, 0.5) is 0 Å². The fraction of sp³-hybridized carbons (Fsp3) is 0.154. The number of nitrogens with two attached hydrogens (primary N) is 1. The summed E-state index contributed by atoms with van der Waals surface area (Å²) in [6.07, 6.45) is 0. The molecule has 0 spiro atoms. The average molecular weight is 389 g/mol. The summed E-state index contributed by atoms with van der Waals surface area (Å²) >= 11 is 3.32. The van der Waals surface area contributed by atoms with E-state index in [-0.39, 0.29) is 4.90 Å². The maximum Gasteiger partial charge on any atom is 0.342 e. The summed E-state index contributed by atoms with van der Waals surface area (Å²) in [6.45, 7) is -1.09. The third-order valence-electron chi connectivity index (χ3n) is 3.07. The van der Waals surface area contributed by atoms with Crippen molar-refractivity contribution in [2.45, 2.75) is 10.6 Å². The van der Waals surface area contributed by atoms with Crippen LogP contribution in [0.5, 0.6) is 0 Å². The van der Waals surface area contributed by atoms with Gasteiger partial charge in [-0.3, -0.25) is 0 Å². The molecule has 22 heavy (non-hydrogen) atoms. The van der Waals surface area contributed by atoms with Gasteiger partial charge in [0.05, 0.1) is 11.5 Å². The van der Waals surface area contributed by atoms with Gasteiger partial charge in [-0.15, -0.1) is 0 Å². The molecule has 7 nitrogen and oxygen atoms in total. The second-order valence-corrected chi connectivity index (χ2v) is 7.14. The van der Waals surface area contributed by atoms with Gasteiger partial charge in [-0.2, -0.15) is 4.72 Å². The minimum Gasteiger partial charge on any atom is -0.479 e. The Hall–Kier alpha value is -1.52. The zero-order valence-corrected chi connectivity index (χ0v) is 13.6. The molecular formula is C13H13BrN2O5S. The molecule has 9 heteroatoms. The Balaban J connectivity index is 2.61. The second-order valence-electron chi connectivity index (χ2n) is 4.63. The van der Waals surface area contributed by atoms with Gasteiger partial charge in [0.15, 0.2) is 0 Å². The second kappa shape index (κ2) is 5.94. The normalized spacial score (nSPS) is 14.7.